The molecule has 3 aromatic rings. The van der Waals surface area contributed by atoms with E-state index in [0.29, 0.717) is 12.0 Å². The highest BCUT2D eigenvalue weighted by molar-refractivity contribution is 6.31. The molecule has 3 aromatic carbocycles. The van der Waals surface area contributed by atoms with Gasteiger partial charge >= 0.3 is 0 Å². The van der Waals surface area contributed by atoms with Gasteiger partial charge in [0.15, 0.2) is 5.78 Å². The molecular weight excluding hydrogens is 607 g/mol. The van der Waals surface area contributed by atoms with Gasteiger partial charge in [-0.15, -0.1) is 0 Å². The fourth-order valence-electron chi connectivity index (χ4n) is 6.05. The van der Waals surface area contributed by atoms with Crippen LogP contribution in [0.3, 0.4) is 0 Å². The Morgan fingerprint density at radius 3 is 2.41 bits per heavy atom. The standard InChI is InChI=1S/C34H35Cl2F2N3O3/c1-18(2)31(42)19-10-13-25(26(14-19)44-6)40-32(43)30-28(21-8-7-9-23(36)29(21)38)34(17-39,27(41-30)16-33(3,4)5)22-12-11-20(35)15-24(22)37/h7-15,18,27-28,30,41H,16H2,1-6H3,(H,40,43)/t27-,28-,30+,34-/m0/s1. The van der Waals surface area contributed by atoms with Crippen molar-refractivity contribution < 1.29 is 23.1 Å². The molecule has 0 aromatic heterocycles. The third-order valence-electron chi connectivity index (χ3n) is 8.00. The summed E-state index contributed by atoms with van der Waals surface area (Å²) in [6.07, 6.45) is 0.334. The number of hydrogen-bond acceptors (Lipinski definition) is 5. The molecular formula is C34H35Cl2F2N3O3. The number of hydrogen-bond donors (Lipinski definition) is 2. The minimum Gasteiger partial charge on any atom is -0.495 e. The Morgan fingerprint density at radius 1 is 1.11 bits per heavy atom. The van der Waals surface area contributed by atoms with Crippen LogP contribution >= 0.6 is 23.2 Å². The molecule has 1 amide bonds. The van der Waals surface area contributed by atoms with Crippen LogP contribution in [-0.2, 0) is 10.2 Å². The first-order valence-corrected chi connectivity index (χ1v) is 15.0. The van der Waals surface area contributed by atoms with Crippen LogP contribution in [0.2, 0.25) is 10.0 Å². The Balaban J connectivity index is 1.92. The fraction of sp³-hybridized carbons (Fsp3) is 0.382. The second kappa shape index (κ2) is 12.8. The van der Waals surface area contributed by atoms with Crippen molar-refractivity contribution >= 4 is 40.6 Å². The van der Waals surface area contributed by atoms with Gasteiger partial charge in [-0.2, -0.15) is 5.26 Å². The number of benzene rings is 3. The van der Waals surface area contributed by atoms with Crippen molar-refractivity contribution in [3.63, 3.8) is 0 Å². The number of halogens is 4. The number of nitriles is 1. The first kappa shape index (κ1) is 33.4. The second-order valence-corrected chi connectivity index (χ2v) is 13.5. The summed E-state index contributed by atoms with van der Waals surface area (Å²) in [5, 5.41) is 17.0. The first-order valence-electron chi connectivity index (χ1n) is 14.2. The van der Waals surface area contributed by atoms with Crippen LogP contribution in [0.25, 0.3) is 0 Å². The lowest BCUT2D eigenvalue weighted by Crippen LogP contribution is -2.45. The Labute approximate surface area is 266 Å². The highest BCUT2D eigenvalue weighted by Gasteiger charge is 2.61. The number of anilines is 1. The molecule has 1 fully saturated rings. The van der Waals surface area contributed by atoms with Gasteiger partial charge in [0, 0.05) is 34.0 Å². The highest BCUT2D eigenvalue weighted by Crippen LogP contribution is 2.53. The minimum atomic E-state index is -1.76. The zero-order valence-electron chi connectivity index (χ0n) is 25.4. The lowest BCUT2D eigenvalue weighted by Gasteiger charge is -2.37. The molecule has 0 aliphatic carbocycles. The summed E-state index contributed by atoms with van der Waals surface area (Å²) in [5.41, 5.74) is -1.48. The van der Waals surface area contributed by atoms with Crippen molar-refractivity contribution in [2.45, 2.75) is 64.5 Å². The number of Topliss-reactive ketones (excluding diaryl/α,β-unsaturated/α-hetero) is 1. The Morgan fingerprint density at radius 2 is 1.82 bits per heavy atom. The molecule has 0 saturated carbocycles. The molecule has 232 valence electrons. The van der Waals surface area contributed by atoms with E-state index in [1.165, 1.54) is 37.4 Å². The van der Waals surface area contributed by atoms with Gasteiger partial charge in [0.1, 0.15) is 22.8 Å². The third-order valence-corrected chi connectivity index (χ3v) is 8.53. The van der Waals surface area contributed by atoms with Gasteiger partial charge in [0.05, 0.1) is 29.9 Å². The molecule has 10 heteroatoms. The lowest BCUT2D eigenvalue weighted by atomic mass is 9.62. The van der Waals surface area contributed by atoms with Crippen molar-refractivity contribution in [1.82, 2.24) is 5.32 Å². The lowest BCUT2D eigenvalue weighted by molar-refractivity contribution is -0.118. The molecule has 4 atom stereocenters. The maximum absolute atomic E-state index is 15.9. The molecule has 1 heterocycles. The SMILES string of the molecule is COc1cc(C(=O)C(C)C)ccc1NC(=O)[C@@H]1N[C@@H](CC(C)(C)C)[C@](C#N)(c2ccc(Cl)cc2F)[C@H]1c1cccc(Cl)c1F. The Hall–Kier alpha value is -3.51. The van der Waals surface area contributed by atoms with E-state index in [-0.39, 0.29) is 49.7 Å². The van der Waals surface area contributed by atoms with Crippen LogP contribution < -0.4 is 15.4 Å². The zero-order chi connectivity index (χ0) is 32.6. The second-order valence-electron chi connectivity index (χ2n) is 12.6. The summed E-state index contributed by atoms with van der Waals surface area (Å²) in [5.74, 6) is -3.48. The van der Waals surface area contributed by atoms with E-state index in [0.717, 1.165) is 6.07 Å². The van der Waals surface area contributed by atoms with E-state index in [1.807, 2.05) is 20.8 Å². The summed E-state index contributed by atoms with van der Waals surface area (Å²) >= 11 is 12.3. The van der Waals surface area contributed by atoms with Gasteiger partial charge in [0.25, 0.3) is 0 Å². The number of ketones is 1. The van der Waals surface area contributed by atoms with Crippen molar-refractivity contribution in [2.24, 2.45) is 11.3 Å². The molecule has 1 aliphatic rings. The predicted molar refractivity (Wildman–Crippen MR) is 168 cm³/mol. The number of carbonyl (C=O) groups excluding carboxylic acids is 2. The molecule has 0 unspecified atom stereocenters. The average molecular weight is 643 g/mol. The molecule has 1 aliphatic heterocycles. The molecule has 2 N–H and O–H groups in total. The number of methoxy groups -OCH3 is 1. The molecule has 0 spiro atoms. The normalized spacial score (nSPS) is 21.6. The van der Waals surface area contributed by atoms with Gasteiger partial charge in [-0.3, -0.25) is 9.59 Å². The van der Waals surface area contributed by atoms with Crippen LogP contribution in [0.15, 0.2) is 54.6 Å². The number of carbonyl (C=O) groups is 2. The highest BCUT2D eigenvalue weighted by atomic mass is 35.5. The maximum atomic E-state index is 15.9. The fourth-order valence-corrected chi connectivity index (χ4v) is 6.39. The molecule has 4 rings (SSSR count). The van der Waals surface area contributed by atoms with Crippen LogP contribution in [0.5, 0.6) is 5.75 Å². The first-order chi connectivity index (χ1) is 20.6. The van der Waals surface area contributed by atoms with Crippen molar-refractivity contribution in [2.75, 3.05) is 12.4 Å². The van der Waals surface area contributed by atoms with E-state index in [4.69, 9.17) is 27.9 Å². The predicted octanol–water partition coefficient (Wildman–Crippen LogP) is 8.08. The number of rotatable bonds is 8. The Bertz CT molecular complexity index is 1630. The summed E-state index contributed by atoms with van der Waals surface area (Å²) < 4.78 is 37.2. The quantitative estimate of drug-likeness (QED) is 0.243. The van der Waals surface area contributed by atoms with Crippen molar-refractivity contribution in [3.8, 4) is 11.8 Å². The number of ether oxygens (including phenoxy) is 1. The van der Waals surface area contributed by atoms with Crippen LogP contribution in [0.1, 0.15) is 68.4 Å². The summed E-state index contributed by atoms with van der Waals surface area (Å²) in [4.78, 5) is 26.8. The van der Waals surface area contributed by atoms with E-state index in [1.54, 1.807) is 32.0 Å². The van der Waals surface area contributed by atoms with Gasteiger partial charge in [-0.05, 0) is 53.8 Å². The van der Waals surface area contributed by atoms with E-state index in [9.17, 15) is 14.9 Å². The van der Waals surface area contributed by atoms with Gasteiger partial charge in [-0.1, -0.05) is 76.0 Å². The molecule has 0 bridgehead atoms. The zero-order valence-corrected chi connectivity index (χ0v) is 26.9. The molecule has 6 nitrogen and oxygen atoms in total. The molecule has 1 saturated heterocycles. The van der Waals surface area contributed by atoms with Gasteiger partial charge < -0.3 is 15.4 Å². The monoisotopic (exact) mass is 641 g/mol. The summed E-state index contributed by atoms with van der Waals surface area (Å²) in [6, 6.07) is 13.3. The van der Waals surface area contributed by atoms with Crippen molar-refractivity contribution in [3.05, 3.63) is 93.0 Å². The molecule has 0 radical (unpaired) electrons. The van der Waals surface area contributed by atoms with E-state index >= 15 is 8.78 Å². The topological polar surface area (TPSA) is 91.2 Å². The average Bonchev–Trinajstić information content (AvgIpc) is 3.27. The van der Waals surface area contributed by atoms with Gasteiger partial charge in [-0.25, -0.2) is 8.78 Å². The van der Waals surface area contributed by atoms with Crippen LogP contribution in [-0.4, -0.2) is 30.9 Å². The summed E-state index contributed by atoms with van der Waals surface area (Å²) in [7, 11) is 1.41. The number of nitrogens with one attached hydrogen (secondary N) is 2. The van der Waals surface area contributed by atoms with Crippen molar-refractivity contribution in [1.29, 1.82) is 5.26 Å². The summed E-state index contributed by atoms with van der Waals surface area (Å²) in [6.45, 7) is 9.45. The van der Waals surface area contributed by atoms with Gasteiger partial charge in [0.2, 0.25) is 5.91 Å². The third kappa shape index (κ3) is 6.32. The Kier molecular flexibility index (Phi) is 9.75. The van der Waals surface area contributed by atoms with E-state index < -0.39 is 41.0 Å². The number of amides is 1. The van der Waals surface area contributed by atoms with E-state index in [2.05, 4.69) is 16.7 Å². The number of nitrogens with zero attached hydrogens (tertiary/aromatic N) is 1. The molecule has 44 heavy (non-hydrogen) atoms. The van der Waals surface area contributed by atoms with Crippen LogP contribution in [0.4, 0.5) is 14.5 Å². The van der Waals surface area contributed by atoms with Crippen LogP contribution in [0, 0.1) is 34.3 Å². The largest absolute Gasteiger partial charge is 0.495 e. The maximum Gasteiger partial charge on any atom is 0.242 e. The minimum absolute atomic E-state index is 0.0118. The smallest absolute Gasteiger partial charge is 0.242 e.